The van der Waals surface area contributed by atoms with Crippen LogP contribution >= 0.6 is 11.6 Å². The molecule has 0 radical (unpaired) electrons. The molecule has 0 unspecified atom stereocenters. The molecule has 0 saturated carbocycles. The van der Waals surface area contributed by atoms with Crippen LogP contribution in [0.25, 0.3) is 10.9 Å². The summed E-state index contributed by atoms with van der Waals surface area (Å²) in [6.07, 6.45) is 3.40. The summed E-state index contributed by atoms with van der Waals surface area (Å²) >= 11 is 6.21. The number of aromatic nitrogens is 1. The van der Waals surface area contributed by atoms with Gasteiger partial charge in [-0.15, -0.1) is 0 Å². The second kappa shape index (κ2) is 14.1. The fourth-order valence-corrected chi connectivity index (χ4v) is 5.30. The van der Waals surface area contributed by atoms with E-state index >= 15 is 4.39 Å². The summed E-state index contributed by atoms with van der Waals surface area (Å²) in [5, 5.41) is 19.6. The van der Waals surface area contributed by atoms with Gasteiger partial charge in [0.25, 0.3) is 0 Å². The molecule has 4 aromatic rings. The summed E-state index contributed by atoms with van der Waals surface area (Å²) in [5.41, 5.74) is 5.21. The summed E-state index contributed by atoms with van der Waals surface area (Å²) in [6, 6.07) is 16.2. The molecule has 6 nitrogen and oxygen atoms in total. The Bertz CT molecular complexity index is 1660. The molecule has 218 valence electrons. The van der Waals surface area contributed by atoms with E-state index in [0.29, 0.717) is 47.2 Å². The minimum absolute atomic E-state index is 0.0609. The number of aryl methyl sites for hydroxylation is 2. The predicted octanol–water partition coefficient (Wildman–Crippen LogP) is 7.34. The molecule has 0 atom stereocenters. The molecule has 0 saturated heterocycles. The maximum Gasteiger partial charge on any atom is 0.323 e. The van der Waals surface area contributed by atoms with Crippen molar-refractivity contribution in [2.75, 3.05) is 6.61 Å². The molecule has 0 fully saturated rings. The normalized spacial score (nSPS) is 10.9. The molecular weight excluding hydrogens is 557 g/mol. The van der Waals surface area contributed by atoms with Gasteiger partial charge < -0.3 is 19.5 Å². The van der Waals surface area contributed by atoms with E-state index in [0.717, 1.165) is 41.2 Å². The molecule has 0 aliphatic carbocycles. The molecule has 0 aliphatic heterocycles. The lowest BCUT2D eigenvalue weighted by Gasteiger charge is -2.08. The quantitative estimate of drug-likeness (QED) is 0.133. The number of carbonyl (C=O) groups is 2. The third-order valence-electron chi connectivity index (χ3n) is 7.34. The maximum atomic E-state index is 15.1. The van der Waals surface area contributed by atoms with Crippen LogP contribution < -0.4 is 4.74 Å². The van der Waals surface area contributed by atoms with Gasteiger partial charge in [0.1, 0.15) is 18.1 Å². The average Bonchev–Trinajstić information content (AvgIpc) is 3.22. The number of hydrogen-bond donors (Lipinski definition) is 2. The van der Waals surface area contributed by atoms with Crippen molar-refractivity contribution in [1.82, 2.24) is 4.57 Å². The van der Waals surface area contributed by atoms with Gasteiger partial charge >= 0.3 is 11.9 Å². The summed E-state index contributed by atoms with van der Waals surface area (Å²) in [6.45, 7) is 4.00. The average molecular weight is 590 g/mol. The van der Waals surface area contributed by atoms with Gasteiger partial charge in [0, 0.05) is 33.7 Å². The number of carboxylic acids is 2. The zero-order valence-electron chi connectivity index (χ0n) is 23.7. The molecule has 0 aliphatic rings. The van der Waals surface area contributed by atoms with E-state index < -0.39 is 17.8 Å². The summed E-state index contributed by atoms with van der Waals surface area (Å²) < 4.78 is 22.5. The number of benzene rings is 3. The first kappa shape index (κ1) is 30.7. The van der Waals surface area contributed by atoms with Crippen molar-refractivity contribution >= 4 is 34.4 Å². The van der Waals surface area contributed by atoms with Gasteiger partial charge in [0.05, 0.1) is 12.1 Å². The standard InChI is InChI=1S/C34H33ClFNO5/c1-22-25(8-5-10-29(22)35)7-3-4-20-42-27-17-13-24(14-18-27)12-15-26-16-19-30(36)33-28(9-6-11-31(38)39)23(2)37(34(26)33)21-32(40)41/h5,8,10,13-14,16-19H,3-4,6-7,9,11,20-21H2,1-2H3,(H,38,39)(H,40,41). The Labute approximate surface area is 249 Å². The van der Waals surface area contributed by atoms with E-state index in [1.807, 2.05) is 43.3 Å². The SMILES string of the molecule is Cc1c(Cl)cccc1CCCCOc1ccc(C#Cc2ccc(F)c3c(CCCC(=O)O)c(C)n(CC(=O)O)c23)cc1. The monoisotopic (exact) mass is 589 g/mol. The summed E-state index contributed by atoms with van der Waals surface area (Å²) in [7, 11) is 0. The van der Waals surface area contributed by atoms with E-state index in [9.17, 15) is 14.7 Å². The zero-order valence-corrected chi connectivity index (χ0v) is 24.4. The third-order valence-corrected chi connectivity index (χ3v) is 7.75. The highest BCUT2D eigenvalue weighted by atomic mass is 35.5. The van der Waals surface area contributed by atoms with Crippen molar-refractivity contribution in [3.63, 3.8) is 0 Å². The molecule has 1 aromatic heterocycles. The minimum Gasteiger partial charge on any atom is -0.494 e. The van der Waals surface area contributed by atoms with Crippen molar-refractivity contribution < 1.29 is 28.9 Å². The largest absolute Gasteiger partial charge is 0.494 e. The topological polar surface area (TPSA) is 88.8 Å². The van der Waals surface area contributed by atoms with Crippen LogP contribution in [0.4, 0.5) is 4.39 Å². The maximum absolute atomic E-state index is 15.1. The zero-order chi connectivity index (χ0) is 30.2. The van der Waals surface area contributed by atoms with Crippen molar-refractivity contribution in [2.45, 2.75) is 58.9 Å². The number of ether oxygens (including phenoxy) is 1. The van der Waals surface area contributed by atoms with Crippen LogP contribution in [0, 0.1) is 31.5 Å². The highest BCUT2D eigenvalue weighted by Gasteiger charge is 2.21. The number of carboxylic acid groups (broad SMARTS) is 2. The van der Waals surface area contributed by atoms with Gasteiger partial charge in [-0.05, 0) is 105 Å². The molecule has 1 heterocycles. The van der Waals surface area contributed by atoms with Crippen molar-refractivity contribution in [3.8, 4) is 17.6 Å². The molecule has 8 heteroatoms. The first-order valence-corrected chi connectivity index (χ1v) is 14.3. The summed E-state index contributed by atoms with van der Waals surface area (Å²) in [4.78, 5) is 22.7. The first-order valence-electron chi connectivity index (χ1n) is 13.9. The van der Waals surface area contributed by atoms with Crippen LogP contribution in [0.15, 0.2) is 54.6 Å². The summed E-state index contributed by atoms with van der Waals surface area (Å²) in [5.74, 6) is 4.43. The van der Waals surface area contributed by atoms with Crippen LogP contribution in [0.3, 0.4) is 0 Å². The van der Waals surface area contributed by atoms with Crippen LogP contribution in [-0.4, -0.2) is 33.3 Å². The number of nitrogens with zero attached hydrogens (tertiary/aromatic N) is 1. The lowest BCUT2D eigenvalue weighted by Crippen LogP contribution is -2.11. The number of fused-ring (bicyclic) bond motifs is 1. The fourth-order valence-electron chi connectivity index (χ4n) is 5.11. The van der Waals surface area contributed by atoms with Crippen molar-refractivity contribution in [2.24, 2.45) is 0 Å². The lowest BCUT2D eigenvalue weighted by atomic mass is 10.0. The number of halogens is 2. The molecule has 42 heavy (non-hydrogen) atoms. The molecule has 4 rings (SSSR count). The molecular formula is C34H33ClFNO5. The Morgan fingerprint density at radius 1 is 0.929 bits per heavy atom. The lowest BCUT2D eigenvalue weighted by molar-refractivity contribution is -0.138. The van der Waals surface area contributed by atoms with Crippen LogP contribution in [0.1, 0.15) is 59.2 Å². The van der Waals surface area contributed by atoms with E-state index in [1.165, 1.54) is 11.6 Å². The minimum atomic E-state index is -1.06. The Balaban J connectivity index is 1.47. The van der Waals surface area contributed by atoms with Crippen LogP contribution in [-0.2, 0) is 29.0 Å². The van der Waals surface area contributed by atoms with Crippen molar-refractivity contribution in [1.29, 1.82) is 0 Å². The van der Waals surface area contributed by atoms with Gasteiger partial charge in [0.15, 0.2) is 0 Å². The van der Waals surface area contributed by atoms with E-state index in [1.54, 1.807) is 17.6 Å². The predicted molar refractivity (Wildman–Crippen MR) is 162 cm³/mol. The molecule has 2 N–H and O–H groups in total. The number of unbranched alkanes of at least 4 members (excludes halogenated alkanes) is 1. The Hall–Kier alpha value is -4.28. The molecule has 0 amide bonds. The number of hydrogen-bond acceptors (Lipinski definition) is 3. The van der Waals surface area contributed by atoms with Crippen LogP contribution in [0.5, 0.6) is 5.75 Å². The van der Waals surface area contributed by atoms with Gasteiger partial charge in [-0.2, -0.15) is 0 Å². The molecule has 0 spiro atoms. The van der Waals surface area contributed by atoms with Gasteiger partial charge in [-0.25, -0.2) is 4.39 Å². The van der Waals surface area contributed by atoms with E-state index in [2.05, 4.69) is 17.9 Å². The second-order valence-electron chi connectivity index (χ2n) is 10.2. The fraction of sp³-hybridized carbons (Fsp3) is 0.294. The Kier molecular flexibility index (Phi) is 10.3. The second-order valence-corrected chi connectivity index (χ2v) is 10.6. The Morgan fingerprint density at radius 3 is 2.40 bits per heavy atom. The van der Waals surface area contributed by atoms with E-state index in [-0.39, 0.29) is 13.0 Å². The van der Waals surface area contributed by atoms with E-state index in [4.69, 9.17) is 21.4 Å². The Morgan fingerprint density at radius 2 is 1.69 bits per heavy atom. The van der Waals surface area contributed by atoms with Gasteiger partial charge in [0.2, 0.25) is 0 Å². The highest BCUT2D eigenvalue weighted by molar-refractivity contribution is 6.31. The van der Waals surface area contributed by atoms with Crippen LogP contribution in [0.2, 0.25) is 5.02 Å². The number of aliphatic carboxylic acids is 2. The smallest absolute Gasteiger partial charge is 0.323 e. The first-order chi connectivity index (χ1) is 20.2. The number of rotatable bonds is 12. The third kappa shape index (κ3) is 7.51. The van der Waals surface area contributed by atoms with Gasteiger partial charge in [-0.3, -0.25) is 9.59 Å². The van der Waals surface area contributed by atoms with Crippen molar-refractivity contribution in [3.05, 3.63) is 98.9 Å². The highest BCUT2D eigenvalue weighted by Crippen LogP contribution is 2.32. The molecule has 0 bridgehead atoms. The van der Waals surface area contributed by atoms with Gasteiger partial charge in [-0.1, -0.05) is 35.6 Å². The molecule has 3 aromatic carbocycles.